The Morgan fingerprint density at radius 2 is 1.76 bits per heavy atom. The number of oxazole rings is 1. The molecule has 0 saturated heterocycles. The number of thioether (sulfide) groups is 1. The SMILES string of the molecule is Oc1ccc(SCc2coc(-c3ccc(F)cc3)n2)cc1. The van der Waals surface area contributed by atoms with Crippen molar-refractivity contribution in [2.45, 2.75) is 10.6 Å². The van der Waals surface area contributed by atoms with Crippen molar-refractivity contribution in [3.8, 4) is 17.2 Å². The minimum Gasteiger partial charge on any atom is -0.508 e. The molecule has 0 spiro atoms. The monoisotopic (exact) mass is 301 g/mol. The number of halogens is 1. The van der Waals surface area contributed by atoms with Gasteiger partial charge in [0.15, 0.2) is 0 Å². The van der Waals surface area contributed by atoms with Crippen LogP contribution in [0.25, 0.3) is 11.5 Å². The van der Waals surface area contributed by atoms with Crippen LogP contribution in [-0.4, -0.2) is 10.1 Å². The highest BCUT2D eigenvalue weighted by molar-refractivity contribution is 7.98. The molecule has 0 fully saturated rings. The fourth-order valence-corrected chi connectivity index (χ4v) is 2.57. The number of rotatable bonds is 4. The fraction of sp³-hybridized carbons (Fsp3) is 0.0625. The summed E-state index contributed by atoms with van der Waals surface area (Å²) in [6.45, 7) is 0. The first-order chi connectivity index (χ1) is 10.2. The molecule has 2 aromatic carbocycles. The van der Waals surface area contributed by atoms with Crippen LogP contribution < -0.4 is 0 Å². The molecule has 3 rings (SSSR count). The van der Waals surface area contributed by atoms with Crippen molar-refractivity contribution in [2.24, 2.45) is 0 Å². The molecule has 1 heterocycles. The largest absolute Gasteiger partial charge is 0.508 e. The van der Waals surface area contributed by atoms with Crippen LogP contribution in [0.1, 0.15) is 5.69 Å². The number of aromatic hydroxyl groups is 1. The zero-order valence-electron chi connectivity index (χ0n) is 11.0. The zero-order valence-corrected chi connectivity index (χ0v) is 11.8. The summed E-state index contributed by atoms with van der Waals surface area (Å²) >= 11 is 1.60. The van der Waals surface area contributed by atoms with Gasteiger partial charge in [0.1, 0.15) is 17.8 Å². The third-order valence-electron chi connectivity index (χ3n) is 2.87. The average molecular weight is 301 g/mol. The van der Waals surface area contributed by atoms with E-state index in [9.17, 15) is 9.50 Å². The maximum atomic E-state index is 12.9. The van der Waals surface area contributed by atoms with Crippen molar-refractivity contribution in [3.63, 3.8) is 0 Å². The van der Waals surface area contributed by atoms with Crippen molar-refractivity contribution < 1.29 is 13.9 Å². The van der Waals surface area contributed by atoms with Gasteiger partial charge in [0.25, 0.3) is 0 Å². The average Bonchev–Trinajstić information content (AvgIpc) is 2.96. The molecular weight excluding hydrogens is 289 g/mol. The first-order valence-corrected chi connectivity index (χ1v) is 7.31. The number of hydrogen-bond acceptors (Lipinski definition) is 4. The Morgan fingerprint density at radius 3 is 2.48 bits per heavy atom. The van der Waals surface area contributed by atoms with E-state index in [-0.39, 0.29) is 11.6 Å². The summed E-state index contributed by atoms with van der Waals surface area (Å²) in [6, 6.07) is 13.0. The molecule has 0 radical (unpaired) electrons. The van der Waals surface area contributed by atoms with E-state index < -0.39 is 0 Å². The highest BCUT2D eigenvalue weighted by atomic mass is 32.2. The van der Waals surface area contributed by atoms with E-state index in [0.717, 1.165) is 16.2 Å². The van der Waals surface area contributed by atoms with Gasteiger partial charge in [-0.25, -0.2) is 9.37 Å². The van der Waals surface area contributed by atoms with Crippen LogP contribution in [0.5, 0.6) is 5.75 Å². The third kappa shape index (κ3) is 3.44. The summed E-state index contributed by atoms with van der Waals surface area (Å²) in [4.78, 5) is 5.42. The van der Waals surface area contributed by atoms with Crippen LogP contribution in [-0.2, 0) is 5.75 Å². The normalized spacial score (nSPS) is 10.7. The van der Waals surface area contributed by atoms with Gasteiger partial charge >= 0.3 is 0 Å². The molecule has 0 bridgehead atoms. The standard InChI is InChI=1S/C16H12FNO2S/c17-12-3-1-11(2-4-12)16-18-13(9-20-16)10-21-15-7-5-14(19)6-8-15/h1-9,19H,10H2. The van der Waals surface area contributed by atoms with Gasteiger partial charge in [-0.1, -0.05) is 0 Å². The summed E-state index contributed by atoms with van der Waals surface area (Å²) in [5, 5.41) is 9.23. The van der Waals surface area contributed by atoms with Crippen LogP contribution in [0.15, 0.2) is 64.1 Å². The van der Waals surface area contributed by atoms with Gasteiger partial charge < -0.3 is 9.52 Å². The molecule has 1 aromatic heterocycles. The van der Waals surface area contributed by atoms with Crippen molar-refractivity contribution in [1.29, 1.82) is 0 Å². The summed E-state index contributed by atoms with van der Waals surface area (Å²) in [7, 11) is 0. The first-order valence-electron chi connectivity index (χ1n) is 6.33. The van der Waals surface area contributed by atoms with E-state index >= 15 is 0 Å². The minimum absolute atomic E-state index is 0.249. The van der Waals surface area contributed by atoms with Gasteiger partial charge in [-0.05, 0) is 48.5 Å². The number of aromatic nitrogens is 1. The van der Waals surface area contributed by atoms with E-state index in [1.807, 2.05) is 12.1 Å². The molecule has 3 aromatic rings. The third-order valence-corrected chi connectivity index (χ3v) is 3.91. The quantitative estimate of drug-likeness (QED) is 0.722. The second kappa shape index (κ2) is 6.01. The summed E-state index contributed by atoms with van der Waals surface area (Å²) in [5.74, 6) is 1.11. The molecule has 0 aliphatic carbocycles. The van der Waals surface area contributed by atoms with Crippen molar-refractivity contribution in [2.75, 3.05) is 0 Å². The lowest BCUT2D eigenvalue weighted by molar-refractivity contribution is 0.475. The van der Waals surface area contributed by atoms with E-state index in [0.29, 0.717) is 11.6 Å². The summed E-state index contributed by atoms with van der Waals surface area (Å²) < 4.78 is 18.3. The number of phenols is 1. The smallest absolute Gasteiger partial charge is 0.226 e. The molecule has 1 N–H and O–H groups in total. The van der Waals surface area contributed by atoms with Gasteiger partial charge in [0.2, 0.25) is 5.89 Å². The van der Waals surface area contributed by atoms with Crippen LogP contribution >= 0.6 is 11.8 Å². The lowest BCUT2D eigenvalue weighted by Gasteiger charge is -1.98. The maximum Gasteiger partial charge on any atom is 0.226 e. The molecule has 5 heteroatoms. The highest BCUT2D eigenvalue weighted by Gasteiger charge is 2.07. The van der Waals surface area contributed by atoms with Gasteiger partial charge in [-0.2, -0.15) is 0 Å². The molecule has 0 unspecified atom stereocenters. The lowest BCUT2D eigenvalue weighted by atomic mass is 10.2. The first kappa shape index (κ1) is 13.7. The van der Waals surface area contributed by atoms with E-state index in [2.05, 4.69) is 4.98 Å². The van der Waals surface area contributed by atoms with Crippen molar-refractivity contribution >= 4 is 11.8 Å². The Kier molecular flexibility index (Phi) is 3.92. The van der Waals surface area contributed by atoms with Gasteiger partial charge in [-0.15, -0.1) is 11.8 Å². The molecule has 0 aliphatic rings. The van der Waals surface area contributed by atoms with E-state index in [1.165, 1.54) is 12.1 Å². The van der Waals surface area contributed by atoms with Crippen LogP contribution in [0.2, 0.25) is 0 Å². The molecule has 0 aliphatic heterocycles. The topological polar surface area (TPSA) is 46.3 Å². The van der Waals surface area contributed by atoms with E-state index in [1.54, 1.807) is 42.3 Å². The number of hydrogen-bond donors (Lipinski definition) is 1. The molecular formula is C16H12FNO2S. The minimum atomic E-state index is -0.284. The lowest BCUT2D eigenvalue weighted by Crippen LogP contribution is -1.82. The molecule has 106 valence electrons. The second-order valence-electron chi connectivity index (χ2n) is 4.43. The van der Waals surface area contributed by atoms with Gasteiger partial charge in [0.05, 0.1) is 5.69 Å². The maximum absolute atomic E-state index is 12.9. The Hall–Kier alpha value is -2.27. The van der Waals surface area contributed by atoms with Crippen LogP contribution in [0, 0.1) is 5.82 Å². The van der Waals surface area contributed by atoms with Gasteiger partial charge in [0, 0.05) is 16.2 Å². The Bertz CT molecular complexity index is 723. The van der Waals surface area contributed by atoms with Crippen LogP contribution in [0.4, 0.5) is 4.39 Å². The Morgan fingerprint density at radius 1 is 1.05 bits per heavy atom. The second-order valence-corrected chi connectivity index (χ2v) is 5.48. The fourth-order valence-electron chi connectivity index (χ4n) is 1.80. The molecule has 0 atom stereocenters. The van der Waals surface area contributed by atoms with Crippen molar-refractivity contribution in [3.05, 3.63) is 66.3 Å². The number of phenolic OH excluding ortho intramolecular Hbond substituents is 1. The summed E-state index contributed by atoms with van der Waals surface area (Å²) in [5.41, 5.74) is 1.56. The van der Waals surface area contributed by atoms with Crippen LogP contribution in [0.3, 0.4) is 0 Å². The number of benzene rings is 2. The molecule has 0 saturated carbocycles. The van der Waals surface area contributed by atoms with Gasteiger partial charge in [-0.3, -0.25) is 0 Å². The zero-order chi connectivity index (χ0) is 14.7. The van der Waals surface area contributed by atoms with E-state index in [4.69, 9.17) is 4.42 Å². The Balaban J connectivity index is 1.67. The molecule has 3 nitrogen and oxygen atoms in total. The molecule has 0 amide bonds. The predicted molar refractivity (Wildman–Crippen MR) is 79.6 cm³/mol. The molecule has 21 heavy (non-hydrogen) atoms. The van der Waals surface area contributed by atoms with Crippen molar-refractivity contribution in [1.82, 2.24) is 4.98 Å². The number of nitrogens with zero attached hydrogens (tertiary/aromatic N) is 1. The summed E-state index contributed by atoms with van der Waals surface area (Å²) in [6.07, 6.45) is 1.60. The highest BCUT2D eigenvalue weighted by Crippen LogP contribution is 2.26. The predicted octanol–water partition coefficient (Wildman–Crippen LogP) is 4.48. The Labute approximate surface area is 125 Å².